The minimum absolute atomic E-state index is 0.150. The lowest BCUT2D eigenvalue weighted by Gasteiger charge is -2.42. The van der Waals surface area contributed by atoms with Gasteiger partial charge in [0.15, 0.2) is 0 Å². The van der Waals surface area contributed by atoms with E-state index in [0.29, 0.717) is 6.04 Å². The van der Waals surface area contributed by atoms with Crippen molar-refractivity contribution in [3.8, 4) is 0 Å². The van der Waals surface area contributed by atoms with E-state index in [1.54, 1.807) is 0 Å². The van der Waals surface area contributed by atoms with Gasteiger partial charge in [-0.05, 0) is 82.4 Å². The summed E-state index contributed by atoms with van der Waals surface area (Å²) in [5, 5.41) is 3.19. The molecule has 2 saturated heterocycles. The van der Waals surface area contributed by atoms with E-state index in [4.69, 9.17) is 0 Å². The maximum atomic E-state index is 12.7. The number of rotatable bonds is 7. The van der Waals surface area contributed by atoms with Crippen LogP contribution in [0.15, 0.2) is 36.7 Å². The number of nitrogens with zero attached hydrogens (tertiary/aromatic N) is 3. The van der Waals surface area contributed by atoms with Crippen LogP contribution in [-0.2, 0) is 17.8 Å². The van der Waals surface area contributed by atoms with E-state index >= 15 is 0 Å². The zero-order chi connectivity index (χ0) is 20.8. The first-order valence-corrected chi connectivity index (χ1v) is 12.2. The van der Waals surface area contributed by atoms with Crippen LogP contribution in [0.25, 0.3) is 0 Å². The van der Waals surface area contributed by atoms with E-state index < -0.39 is 0 Å². The number of likely N-dealkylation sites (tertiary alicyclic amines) is 2. The fourth-order valence-electron chi connectivity index (χ4n) is 4.82. The van der Waals surface area contributed by atoms with Crippen LogP contribution in [0, 0.1) is 12.8 Å². The number of aryl methyl sites for hydroxylation is 1. The summed E-state index contributed by atoms with van der Waals surface area (Å²) in [6, 6.07) is 9.13. The summed E-state index contributed by atoms with van der Waals surface area (Å²) in [5.74, 6) is 0.402. The van der Waals surface area contributed by atoms with Crippen LogP contribution in [0.4, 0.5) is 0 Å². The van der Waals surface area contributed by atoms with Crippen molar-refractivity contribution in [2.24, 2.45) is 5.92 Å². The predicted molar refractivity (Wildman–Crippen MR) is 123 cm³/mol. The number of thiophene rings is 1. The van der Waals surface area contributed by atoms with Gasteiger partial charge in [-0.2, -0.15) is 0 Å². The molecule has 2 aromatic rings. The highest BCUT2D eigenvalue weighted by Gasteiger charge is 2.31. The minimum Gasteiger partial charge on any atom is -0.355 e. The average Bonchev–Trinajstić information content (AvgIpc) is 3.20. The molecule has 2 aliphatic rings. The molecule has 0 unspecified atom stereocenters. The predicted octanol–water partition coefficient (Wildman–Crippen LogP) is 3.49. The Kier molecular flexibility index (Phi) is 7.52. The van der Waals surface area contributed by atoms with Gasteiger partial charge in [0.1, 0.15) is 0 Å². The van der Waals surface area contributed by atoms with E-state index in [9.17, 15) is 4.79 Å². The maximum absolute atomic E-state index is 12.7. The van der Waals surface area contributed by atoms with Crippen molar-refractivity contribution in [3.63, 3.8) is 0 Å². The molecule has 0 radical (unpaired) electrons. The third-order valence-corrected chi connectivity index (χ3v) is 7.55. The first kappa shape index (κ1) is 21.5. The molecule has 6 heteroatoms. The quantitative estimate of drug-likeness (QED) is 0.736. The molecule has 1 atom stereocenters. The number of piperidine rings is 2. The number of nitrogens with one attached hydrogen (secondary N) is 1. The smallest absolute Gasteiger partial charge is 0.224 e. The second-order valence-corrected chi connectivity index (χ2v) is 10.1. The zero-order valence-corrected chi connectivity index (χ0v) is 18.9. The Morgan fingerprint density at radius 1 is 1.20 bits per heavy atom. The Morgan fingerprint density at radius 2 is 2.07 bits per heavy atom. The first-order chi connectivity index (χ1) is 14.7. The molecule has 4 rings (SSSR count). The monoisotopic (exact) mass is 426 g/mol. The van der Waals surface area contributed by atoms with Gasteiger partial charge < -0.3 is 5.32 Å². The SMILES string of the molecule is Cc1ccc(CCNC(=O)[C@@H]2CCCN(C3CCN(Cc4cccnc4)CC3)C2)s1. The van der Waals surface area contributed by atoms with Crippen LogP contribution in [-0.4, -0.2) is 59.5 Å². The Labute approximate surface area is 184 Å². The molecule has 30 heavy (non-hydrogen) atoms. The van der Waals surface area contributed by atoms with Crippen LogP contribution in [0.3, 0.4) is 0 Å². The van der Waals surface area contributed by atoms with E-state index in [-0.39, 0.29) is 11.8 Å². The van der Waals surface area contributed by atoms with Crippen molar-refractivity contribution in [1.29, 1.82) is 0 Å². The maximum Gasteiger partial charge on any atom is 0.224 e. The number of amides is 1. The van der Waals surface area contributed by atoms with Crippen molar-refractivity contribution < 1.29 is 4.79 Å². The van der Waals surface area contributed by atoms with Crippen LogP contribution < -0.4 is 5.32 Å². The van der Waals surface area contributed by atoms with Crippen molar-refractivity contribution in [2.45, 2.75) is 51.6 Å². The van der Waals surface area contributed by atoms with Gasteiger partial charge in [0.2, 0.25) is 5.91 Å². The molecule has 0 spiro atoms. The van der Waals surface area contributed by atoms with E-state index in [1.807, 2.05) is 29.8 Å². The molecule has 5 nitrogen and oxygen atoms in total. The van der Waals surface area contributed by atoms with Gasteiger partial charge in [0.25, 0.3) is 0 Å². The first-order valence-electron chi connectivity index (χ1n) is 11.4. The van der Waals surface area contributed by atoms with Gasteiger partial charge in [0, 0.05) is 47.8 Å². The van der Waals surface area contributed by atoms with E-state index in [1.165, 1.54) is 28.2 Å². The van der Waals surface area contributed by atoms with Gasteiger partial charge in [-0.1, -0.05) is 6.07 Å². The standard InChI is InChI=1S/C24H34N4OS/c1-19-6-7-23(30-19)8-12-26-24(29)21-5-3-13-28(18-21)22-9-14-27(15-10-22)17-20-4-2-11-25-16-20/h2,4,6-7,11,16,21-22H,3,5,8-10,12-15,17-18H2,1H3,(H,26,29)/t21-/m1/s1. The molecule has 0 aromatic carbocycles. The summed E-state index contributed by atoms with van der Waals surface area (Å²) in [6.45, 7) is 8.22. The molecule has 2 aliphatic heterocycles. The van der Waals surface area contributed by atoms with Crippen molar-refractivity contribution >= 4 is 17.2 Å². The molecular formula is C24H34N4OS. The number of pyridine rings is 1. The van der Waals surface area contributed by atoms with Crippen LogP contribution >= 0.6 is 11.3 Å². The van der Waals surface area contributed by atoms with Gasteiger partial charge in [-0.15, -0.1) is 11.3 Å². The fraction of sp³-hybridized carbons (Fsp3) is 0.583. The topological polar surface area (TPSA) is 48.5 Å². The van der Waals surface area contributed by atoms with Crippen molar-refractivity contribution in [1.82, 2.24) is 20.1 Å². The summed E-state index contributed by atoms with van der Waals surface area (Å²) < 4.78 is 0. The number of carbonyl (C=O) groups is 1. The summed E-state index contributed by atoms with van der Waals surface area (Å²) >= 11 is 1.83. The average molecular weight is 427 g/mol. The lowest BCUT2D eigenvalue weighted by atomic mass is 9.93. The molecular weight excluding hydrogens is 392 g/mol. The highest BCUT2D eigenvalue weighted by Crippen LogP contribution is 2.25. The molecule has 162 valence electrons. The Balaban J connectivity index is 1.19. The van der Waals surface area contributed by atoms with Crippen LogP contribution in [0.1, 0.15) is 41.0 Å². The van der Waals surface area contributed by atoms with Crippen molar-refractivity contribution in [2.75, 3.05) is 32.7 Å². The second-order valence-electron chi connectivity index (χ2n) is 8.76. The molecule has 4 heterocycles. The molecule has 2 aromatic heterocycles. The van der Waals surface area contributed by atoms with Gasteiger partial charge in [0.05, 0.1) is 5.92 Å². The highest BCUT2D eigenvalue weighted by atomic mass is 32.1. The summed E-state index contributed by atoms with van der Waals surface area (Å²) in [7, 11) is 0. The summed E-state index contributed by atoms with van der Waals surface area (Å²) in [5.41, 5.74) is 1.29. The molecule has 0 saturated carbocycles. The van der Waals surface area contributed by atoms with Gasteiger partial charge in [-0.3, -0.25) is 19.6 Å². The lowest BCUT2D eigenvalue weighted by molar-refractivity contribution is -0.127. The normalized spacial score (nSPS) is 21.6. The van der Waals surface area contributed by atoms with Crippen LogP contribution in [0.5, 0.6) is 0 Å². The minimum atomic E-state index is 0.150. The molecule has 0 bridgehead atoms. The zero-order valence-electron chi connectivity index (χ0n) is 18.1. The molecule has 1 amide bonds. The molecule has 0 aliphatic carbocycles. The van der Waals surface area contributed by atoms with Crippen molar-refractivity contribution in [3.05, 3.63) is 52.0 Å². The Hall–Kier alpha value is -1.76. The van der Waals surface area contributed by atoms with E-state index in [0.717, 1.165) is 58.5 Å². The number of aromatic nitrogens is 1. The number of hydrogen-bond donors (Lipinski definition) is 1. The fourth-order valence-corrected chi connectivity index (χ4v) is 5.71. The van der Waals surface area contributed by atoms with E-state index in [2.05, 4.69) is 45.2 Å². The van der Waals surface area contributed by atoms with Gasteiger partial charge >= 0.3 is 0 Å². The highest BCUT2D eigenvalue weighted by molar-refractivity contribution is 7.11. The second kappa shape index (κ2) is 10.5. The number of hydrogen-bond acceptors (Lipinski definition) is 5. The summed E-state index contributed by atoms with van der Waals surface area (Å²) in [4.78, 5) is 24.8. The third kappa shape index (κ3) is 5.90. The third-order valence-electron chi connectivity index (χ3n) is 6.49. The van der Waals surface area contributed by atoms with Crippen LogP contribution in [0.2, 0.25) is 0 Å². The Bertz CT molecular complexity index is 801. The molecule has 1 N–H and O–H groups in total. The van der Waals surface area contributed by atoms with Gasteiger partial charge in [-0.25, -0.2) is 0 Å². The molecule has 2 fully saturated rings. The number of carbonyl (C=O) groups excluding carboxylic acids is 1. The largest absolute Gasteiger partial charge is 0.355 e. The summed E-state index contributed by atoms with van der Waals surface area (Å²) in [6.07, 6.45) is 9.31. The Morgan fingerprint density at radius 3 is 2.80 bits per heavy atom. The lowest BCUT2D eigenvalue weighted by Crippen LogP contribution is -2.50.